The first-order valence-electron chi connectivity index (χ1n) is 5.20. The fourth-order valence-electron chi connectivity index (χ4n) is 1.48. The van der Waals surface area contributed by atoms with Crippen molar-refractivity contribution < 1.29 is 9.53 Å². The Balaban J connectivity index is 2.17. The van der Waals surface area contributed by atoms with Gasteiger partial charge in [0.15, 0.2) is 0 Å². The lowest BCUT2D eigenvalue weighted by Gasteiger charge is -2.08. The first kappa shape index (κ1) is 10.0. The molecule has 0 saturated heterocycles. The van der Waals surface area contributed by atoms with Crippen LogP contribution in [0, 0.1) is 6.92 Å². The van der Waals surface area contributed by atoms with E-state index in [-0.39, 0.29) is 5.91 Å². The average molecular weight is 205 g/mol. The molecule has 80 valence electrons. The van der Waals surface area contributed by atoms with Gasteiger partial charge in [-0.1, -0.05) is 0 Å². The minimum Gasteiger partial charge on any atom is -0.490 e. The van der Waals surface area contributed by atoms with Gasteiger partial charge >= 0.3 is 0 Å². The summed E-state index contributed by atoms with van der Waals surface area (Å²) in [5.74, 6) is 0.813. The summed E-state index contributed by atoms with van der Waals surface area (Å²) in [6, 6.07) is 5.59. The molecule has 1 aromatic carbocycles. The Kier molecular flexibility index (Phi) is 2.62. The summed E-state index contributed by atoms with van der Waals surface area (Å²) in [6.45, 7) is 1.92. The second kappa shape index (κ2) is 3.93. The van der Waals surface area contributed by atoms with Gasteiger partial charge in [-0.05, 0) is 43.5 Å². The molecule has 0 aromatic heterocycles. The highest BCUT2D eigenvalue weighted by Crippen LogP contribution is 2.27. The minimum atomic E-state index is -0.0505. The van der Waals surface area contributed by atoms with Crippen molar-refractivity contribution in [3.8, 4) is 5.75 Å². The Morgan fingerprint density at radius 3 is 2.73 bits per heavy atom. The van der Waals surface area contributed by atoms with E-state index in [4.69, 9.17) is 4.74 Å². The molecule has 3 nitrogen and oxygen atoms in total. The zero-order valence-electron chi connectivity index (χ0n) is 9.04. The van der Waals surface area contributed by atoms with Gasteiger partial charge in [0.2, 0.25) is 0 Å². The van der Waals surface area contributed by atoms with Crippen LogP contribution in [0.2, 0.25) is 0 Å². The molecule has 15 heavy (non-hydrogen) atoms. The van der Waals surface area contributed by atoms with Gasteiger partial charge in [-0.2, -0.15) is 0 Å². The van der Waals surface area contributed by atoms with Gasteiger partial charge in [0.25, 0.3) is 5.91 Å². The Labute approximate surface area is 89.4 Å². The molecule has 1 aliphatic carbocycles. The van der Waals surface area contributed by atoms with Crippen LogP contribution in [0.1, 0.15) is 28.8 Å². The van der Waals surface area contributed by atoms with Crippen LogP contribution in [0.25, 0.3) is 0 Å². The first-order valence-corrected chi connectivity index (χ1v) is 5.20. The van der Waals surface area contributed by atoms with E-state index in [9.17, 15) is 4.79 Å². The highest BCUT2D eigenvalue weighted by atomic mass is 16.5. The molecule has 0 aliphatic heterocycles. The summed E-state index contributed by atoms with van der Waals surface area (Å²) >= 11 is 0. The number of aryl methyl sites for hydroxylation is 1. The Morgan fingerprint density at radius 2 is 2.20 bits per heavy atom. The van der Waals surface area contributed by atoms with Gasteiger partial charge in [-0.25, -0.2) is 0 Å². The largest absolute Gasteiger partial charge is 0.490 e. The molecule has 2 rings (SSSR count). The predicted octanol–water partition coefficient (Wildman–Crippen LogP) is 1.90. The van der Waals surface area contributed by atoms with Crippen LogP contribution < -0.4 is 10.1 Å². The van der Waals surface area contributed by atoms with Crippen molar-refractivity contribution in [3.63, 3.8) is 0 Å². The van der Waals surface area contributed by atoms with E-state index in [1.165, 1.54) is 0 Å². The van der Waals surface area contributed by atoms with Crippen molar-refractivity contribution in [1.82, 2.24) is 5.32 Å². The van der Waals surface area contributed by atoms with Gasteiger partial charge in [0, 0.05) is 12.6 Å². The third kappa shape index (κ3) is 2.29. The van der Waals surface area contributed by atoms with Crippen LogP contribution in [0.5, 0.6) is 5.75 Å². The molecule has 0 bridgehead atoms. The van der Waals surface area contributed by atoms with Crippen LogP contribution in [0.15, 0.2) is 18.2 Å². The number of rotatable bonds is 3. The van der Waals surface area contributed by atoms with E-state index in [1.54, 1.807) is 7.05 Å². The van der Waals surface area contributed by atoms with Crippen molar-refractivity contribution in [3.05, 3.63) is 29.3 Å². The number of nitrogens with one attached hydrogen (secondary N) is 1. The maximum absolute atomic E-state index is 11.4. The number of hydrogen-bond donors (Lipinski definition) is 1. The molecule has 0 heterocycles. The minimum absolute atomic E-state index is 0.0505. The van der Waals surface area contributed by atoms with Gasteiger partial charge in [-0.15, -0.1) is 0 Å². The number of hydrogen-bond acceptors (Lipinski definition) is 2. The molecule has 1 N–H and O–H groups in total. The monoisotopic (exact) mass is 205 g/mol. The van der Waals surface area contributed by atoms with E-state index in [2.05, 4.69) is 5.32 Å². The Bertz CT molecular complexity index is 383. The molecule has 1 saturated carbocycles. The SMILES string of the molecule is CNC(=O)c1ccc(OC2CC2)cc1C. The third-order valence-corrected chi connectivity index (χ3v) is 2.50. The maximum Gasteiger partial charge on any atom is 0.251 e. The molecule has 1 amide bonds. The number of ether oxygens (including phenoxy) is 1. The van der Waals surface area contributed by atoms with E-state index in [0.29, 0.717) is 11.7 Å². The molecular formula is C12H15NO2. The Morgan fingerprint density at radius 1 is 1.47 bits per heavy atom. The lowest BCUT2D eigenvalue weighted by molar-refractivity contribution is 0.0962. The van der Waals surface area contributed by atoms with Gasteiger partial charge in [0.1, 0.15) is 5.75 Å². The van der Waals surface area contributed by atoms with Crippen LogP contribution >= 0.6 is 0 Å². The molecule has 0 atom stereocenters. The quantitative estimate of drug-likeness (QED) is 0.818. The second-order valence-corrected chi connectivity index (χ2v) is 3.87. The van der Waals surface area contributed by atoms with E-state index in [0.717, 1.165) is 24.2 Å². The van der Waals surface area contributed by atoms with Gasteiger partial charge < -0.3 is 10.1 Å². The summed E-state index contributed by atoms with van der Waals surface area (Å²) in [5.41, 5.74) is 1.66. The zero-order chi connectivity index (χ0) is 10.8. The van der Waals surface area contributed by atoms with Gasteiger partial charge in [0.05, 0.1) is 6.10 Å². The van der Waals surface area contributed by atoms with E-state index < -0.39 is 0 Å². The lowest BCUT2D eigenvalue weighted by atomic mass is 10.1. The molecular weight excluding hydrogens is 190 g/mol. The van der Waals surface area contributed by atoms with Crippen LogP contribution in [0.3, 0.4) is 0 Å². The zero-order valence-corrected chi connectivity index (χ0v) is 9.04. The topological polar surface area (TPSA) is 38.3 Å². The fourth-order valence-corrected chi connectivity index (χ4v) is 1.48. The molecule has 3 heteroatoms. The van der Waals surface area contributed by atoms with E-state index >= 15 is 0 Å². The van der Waals surface area contributed by atoms with Crippen molar-refractivity contribution >= 4 is 5.91 Å². The molecule has 0 spiro atoms. The average Bonchev–Trinajstić information content (AvgIpc) is 3.01. The maximum atomic E-state index is 11.4. The molecule has 0 radical (unpaired) electrons. The molecule has 1 aliphatic rings. The number of carbonyl (C=O) groups is 1. The Hall–Kier alpha value is -1.51. The highest BCUT2D eigenvalue weighted by Gasteiger charge is 2.23. The summed E-state index contributed by atoms with van der Waals surface area (Å²) in [5, 5.41) is 2.61. The summed E-state index contributed by atoms with van der Waals surface area (Å²) in [6.07, 6.45) is 2.70. The van der Waals surface area contributed by atoms with E-state index in [1.807, 2.05) is 25.1 Å². The van der Waals surface area contributed by atoms with Crippen LogP contribution in [0.4, 0.5) is 0 Å². The predicted molar refractivity (Wildman–Crippen MR) is 58.2 cm³/mol. The van der Waals surface area contributed by atoms with Crippen LogP contribution in [-0.4, -0.2) is 19.1 Å². The van der Waals surface area contributed by atoms with Gasteiger partial charge in [-0.3, -0.25) is 4.79 Å². The van der Waals surface area contributed by atoms with Crippen LogP contribution in [-0.2, 0) is 0 Å². The number of carbonyl (C=O) groups excluding carboxylic acids is 1. The van der Waals surface area contributed by atoms with Crippen molar-refractivity contribution in [2.75, 3.05) is 7.05 Å². The highest BCUT2D eigenvalue weighted by molar-refractivity contribution is 5.95. The summed E-state index contributed by atoms with van der Waals surface area (Å²) < 4.78 is 5.64. The van der Waals surface area contributed by atoms with Crippen molar-refractivity contribution in [2.45, 2.75) is 25.9 Å². The lowest BCUT2D eigenvalue weighted by Crippen LogP contribution is -2.18. The summed E-state index contributed by atoms with van der Waals surface area (Å²) in [7, 11) is 1.64. The molecule has 0 unspecified atom stereocenters. The molecule has 1 fully saturated rings. The normalized spacial score (nSPS) is 14.8. The van der Waals surface area contributed by atoms with Crippen molar-refractivity contribution in [1.29, 1.82) is 0 Å². The second-order valence-electron chi connectivity index (χ2n) is 3.87. The summed E-state index contributed by atoms with van der Waals surface area (Å²) in [4.78, 5) is 11.4. The fraction of sp³-hybridized carbons (Fsp3) is 0.417. The standard InChI is InChI=1S/C12H15NO2/c1-8-7-10(15-9-3-4-9)5-6-11(8)12(14)13-2/h5-7,9H,3-4H2,1-2H3,(H,13,14). The first-order chi connectivity index (χ1) is 7.20. The third-order valence-electron chi connectivity index (χ3n) is 2.50. The van der Waals surface area contributed by atoms with Crippen molar-refractivity contribution in [2.24, 2.45) is 0 Å². The number of benzene rings is 1. The number of amides is 1. The smallest absolute Gasteiger partial charge is 0.251 e. The molecule has 1 aromatic rings.